The summed E-state index contributed by atoms with van der Waals surface area (Å²) < 4.78 is 6.05. The number of anilines is 1. The molecule has 2 atom stereocenters. The third-order valence-corrected chi connectivity index (χ3v) is 4.82. The molecular weight excluding hydrogens is 278 g/mol. The molecule has 3 aromatic rings. The van der Waals surface area contributed by atoms with Gasteiger partial charge in [-0.1, -0.05) is 12.1 Å². The fourth-order valence-corrected chi connectivity index (χ4v) is 3.68. The molecule has 0 spiro atoms. The molecule has 2 aromatic heterocycles. The molecule has 22 heavy (non-hydrogen) atoms. The van der Waals surface area contributed by atoms with E-state index in [1.807, 2.05) is 18.2 Å². The van der Waals surface area contributed by atoms with Crippen LogP contribution in [0.4, 0.5) is 5.82 Å². The molecule has 5 rings (SSSR count). The van der Waals surface area contributed by atoms with E-state index < -0.39 is 0 Å². The van der Waals surface area contributed by atoms with E-state index in [0.29, 0.717) is 12.0 Å². The molecule has 2 unspecified atom stereocenters. The normalized spacial score (nSPS) is 25.0. The quantitative estimate of drug-likeness (QED) is 0.712. The Morgan fingerprint density at radius 1 is 1.23 bits per heavy atom. The van der Waals surface area contributed by atoms with Crippen molar-refractivity contribution in [1.82, 2.24) is 20.8 Å². The third-order valence-electron chi connectivity index (χ3n) is 4.82. The van der Waals surface area contributed by atoms with Crippen molar-refractivity contribution < 1.29 is 4.42 Å². The molecule has 6 nitrogen and oxygen atoms in total. The molecule has 1 aromatic carbocycles. The predicted molar refractivity (Wildman–Crippen MR) is 84.6 cm³/mol. The smallest absolute Gasteiger partial charge is 0.196 e. The van der Waals surface area contributed by atoms with Crippen LogP contribution in [0.5, 0.6) is 0 Å². The molecule has 2 N–H and O–H groups in total. The van der Waals surface area contributed by atoms with E-state index >= 15 is 0 Å². The lowest BCUT2D eigenvalue weighted by atomic mass is 9.94. The zero-order valence-electron chi connectivity index (χ0n) is 12.1. The van der Waals surface area contributed by atoms with Gasteiger partial charge in [0, 0.05) is 37.0 Å². The van der Waals surface area contributed by atoms with Crippen molar-refractivity contribution in [1.29, 1.82) is 0 Å². The Kier molecular flexibility index (Phi) is 2.62. The molecule has 2 fully saturated rings. The molecule has 6 heteroatoms. The van der Waals surface area contributed by atoms with Gasteiger partial charge >= 0.3 is 0 Å². The lowest BCUT2D eigenvalue weighted by Crippen LogP contribution is -2.45. The second-order valence-corrected chi connectivity index (χ2v) is 6.10. The summed E-state index contributed by atoms with van der Waals surface area (Å²) >= 11 is 0. The number of hydrogen-bond donors (Lipinski definition) is 2. The number of para-hydroxylation sites is 1. The standard InChI is InChI=1S/C16H17N5O/c1-2-4-13-11(3-1)14-15(22-13)16(18-9-17-14)21-6-5-12-10(8-21)7-19-20-12/h1-4,9-10,12,19-20H,5-8H2. The highest BCUT2D eigenvalue weighted by Crippen LogP contribution is 2.34. The first-order valence-electron chi connectivity index (χ1n) is 7.76. The highest BCUT2D eigenvalue weighted by Gasteiger charge is 2.34. The molecule has 2 aliphatic rings. The van der Waals surface area contributed by atoms with Crippen LogP contribution in [0.15, 0.2) is 35.0 Å². The number of hydrazine groups is 1. The zero-order valence-corrected chi connectivity index (χ0v) is 12.1. The summed E-state index contributed by atoms with van der Waals surface area (Å²) in [6.45, 7) is 2.99. The van der Waals surface area contributed by atoms with Crippen LogP contribution < -0.4 is 15.8 Å². The lowest BCUT2D eigenvalue weighted by molar-refractivity contribution is 0.382. The van der Waals surface area contributed by atoms with Crippen molar-refractivity contribution in [3.05, 3.63) is 30.6 Å². The van der Waals surface area contributed by atoms with Gasteiger partial charge in [0.15, 0.2) is 11.4 Å². The Hall–Kier alpha value is -2.18. The minimum atomic E-state index is 0.573. The largest absolute Gasteiger partial charge is 0.450 e. The van der Waals surface area contributed by atoms with Crippen LogP contribution in [0, 0.1) is 5.92 Å². The number of fused-ring (bicyclic) bond motifs is 4. The van der Waals surface area contributed by atoms with Crippen LogP contribution in [0.25, 0.3) is 22.1 Å². The van der Waals surface area contributed by atoms with E-state index in [0.717, 1.165) is 53.9 Å². The Balaban J connectivity index is 1.62. The van der Waals surface area contributed by atoms with Crippen LogP contribution in [0.1, 0.15) is 6.42 Å². The van der Waals surface area contributed by atoms with E-state index in [1.54, 1.807) is 6.33 Å². The van der Waals surface area contributed by atoms with Crippen molar-refractivity contribution in [3.63, 3.8) is 0 Å². The maximum Gasteiger partial charge on any atom is 0.196 e. The topological polar surface area (TPSA) is 66.2 Å². The molecule has 4 heterocycles. The molecule has 0 aliphatic carbocycles. The maximum absolute atomic E-state index is 6.05. The molecule has 2 saturated heterocycles. The predicted octanol–water partition coefficient (Wildman–Crippen LogP) is 1.68. The van der Waals surface area contributed by atoms with E-state index in [9.17, 15) is 0 Å². The SMILES string of the molecule is c1ccc2c(c1)oc1c(N3CCC4NNCC4C3)ncnc12. The third kappa shape index (κ3) is 1.74. The van der Waals surface area contributed by atoms with Crippen molar-refractivity contribution in [2.45, 2.75) is 12.5 Å². The highest BCUT2D eigenvalue weighted by molar-refractivity contribution is 6.05. The minimum absolute atomic E-state index is 0.573. The fourth-order valence-electron chi connectivity index (χ4n) is 3.68. The van der Waals surface area contributed by atoms with E-state index in [4.69, 9.17) is 4.42 Å². The number of furan rings is 1. The summed E-state index contributed by atoms with van der Waals surface area (Å²) in [5.41, 5.74) is 9.21. The Labute approximate surface area is 127 Å². The Morgan fingerprint density at radius 2 is 2.18 bits per heavy atom. The first-order chi connectivity index (χ1) is 10.9. The number of nitrogens with one attached hydrogen (secondary N) is 2. The molecule has 0 radical (unpaired) electrons. The first kappa shape index (κ1) is 12.4. The average molecular weight is 295 g/mol. The first-order valence-corrected chi connectivity index (χ1v) is 7.76. The van der Waals surface area contributed by atoms with Crippen molar-refractivity contribution in [2.24, 2.45) is 5.92 Å². The molecular formula is C16H17N5O. The van der Waals surface area contributed by atoms with Gasteiger partial charge in [-0.05, 0) is 18.6 Å². The van der Waals surface area contributed by atoms with E-state index in [2.05, 4.69) is 31.8 Å². The van der Waals surface area contributed by atoms with Gasteiger partial charge < -0.3 is 9.32 Å². The fraction of sp³-hybridized carbons (Fsp3) is 0.375. The number of piperidine rings is 1. The lowest BCUT2D eigenvalue weighted by Gasteiger charge is -2.34. The zero-order chi connectivity index (χ0) is 14.5. The van der Waals surface area contributed by atoms with Gasteiger partial charge in [-0.3, -0.25) is 10.9 Å². The van der Waals surface area contributed by atoms with Gasteiger partial charge in [0.25, 0.3) is 0 Å². The van der Waals surface area contributed by atoms with Crippen molar-refractivity contribution in [2.75, 3.05) is 24.5 Å². The number of rotatable bonds is 1. The summed E-state index contributed by atoms with van der Waals surface area (Å²) in [6.07, 6.45) is 2.76. The molecule has 2 aliphatic heterocycles. The van der Waals surface area contributed by atoms with Gasteiger partial charge in [-0.25, -0.2) is 9.97 Å². The summed E-state index contributed by atoms with van der Waals surface area (Å²) in [6, 6.07) is 8.61. The van der Waals surface area contributed by atoms with Gasteiger partial charge in [-0.2, -0.15) is 0 Å². The van der Waals surface area contributed by atoms with Gasteiger partial charge in [0.05, 0.1) is 0 Å². The van der Waals surface area contributed by atoms with Crippen LogP contribution >= 0.6 is 0 Å². The van der Waals surface area contributed by atoms with E-state index in [1.165, 1.54) is 0 Å². The molecule has 0 amide bonds. The molecule has 0 saturated carbocycles. The second kappa shape index (κ2) is 4.66. The number of aromatic nitrogens is 2. The molecule has 112 valence electrons. The minimum Gasteiger partial charge on any atom is -0.450 e. The van der Waals surface area contributed by atoms with Gasteiger partial charge in [-0.15, -0.1) is 0 Å². The van der Waals surface area contributed by atoms with Crippen LogP contribution in [-0.4, -0.2) is 35.6 Å². The summed E-state index contributed by atoms with van der Waals surface area (Å²) in [5.74, 6) is 1.54. The monoisotopic (exact) mass is 295 g/mol. The second-order valence-electron chi connectivity index (χ2n) is 6.10. The van der Waals surface area contributed by atoms with E-state index in [-0.39, 0.29) is 0 Å². The summed E-state index contributed by atoms with van der Waals surface area (Å²) in [4.78, 5) is 11.3. The maximum atomic E-state index is 6.05. The van der Waals surface area contributed by atoms with Gasteiger partial charge in [0.2, 0.25) is 0 Å². The highest BCUT2D eigenvalue weighted by atomic mass is 16.3. The summed E-state index contributed by atoms with van der Waals surface area (Å²) in [5, 5.41) is 1.06. The number of benzene rings is 1. The molecule has 0 bridgehead atoms. The number of hydrogen-bond acceptors (Lipinski definition) is 6. The van der Waals surface area contributed by atoms with Crippen LogP contribution in [-0.2, 0) is 0 Å². The van der Waals surface area contributed by atoms with Crippen molar-refractivity contribution >= 4 is 27.9 Å². The Morgan fingerprint density at radius 3 is 3.18 bits per heavy atom. The Bertz CT molecular complexity index is 845. The van der Waals surface area contributed by atoms with Gasteiger partial charge in [0.1, 0.15) is 17.4 Å². The van der Waals surface area contributed by atoms with Crippen molar-refractivity contribution in [3.8, 4) is 0 Å². The van der Waals surface area contributed by atoms with Crippen LogP contribution in [0.2, 0.25) is 0 Å². The summed E-state index contributed by atoms with van der Waals surface area (Å²) in [7, 11) is 0. The van der Waals surface area contributed by atoms with Crippen LogP contribution in [0.3, 0.4) is 0 Å². The number of nitrogens with zero attached hydrogens (tertiary/aromatic N) is 3. The average Bonchev–Trinajstić information content (AvgIpc) is 3.18.